The van der Waals surface area contributed by atoms with E-state index in [0.29, 0.717) is 0 Å². The van der Waals surface area contributed by atoms with Gasteiger partial charge in [-0.3, -0.25) is 4.72 Å². The minimum Gasteiger partial charge on any atom is -0.399 e. The first-order valence-electron chi connectivity index (χ1n) is 5.19. The molecule has 1 heterocycles. The Kier molecular flexibility index (Phi) is 4.03. The zero-order valence-electron chi connectivity index (χ0n) is 9.77. The van der Waals surface area contributed by atoms with E-state index in [0.717, 1.165) is 12.1 Å². The molecule has 0 spiro atoms. The lowest BCUT2D eigenvalue weighted by Crippen LogP contribution is -2.15. The maximum Gasteiger partial charge on any atom is 0.265 e. The molecule has 0 unspecified atom stereocenters. The van der Waals surface area contributed by atoms with Gasteiger partial charge < -0.3 is 5.73 Å². The van der Waals surface area contributed by atoms with Gasteiger partial charge in [0.2, 0.25) is 0 Å². The average Bonchev–Trinajstić information content (AvgIpc) is 2.36. The number of aromatic nitrogens is 1. The lowest BCUT2D eigenvalue weighted by molar-refractivity contribution is 0.571. The van der Waals surface area contributed by atoms with Gasteiger partial charge in [-0.15, -0.1) is 0 Å². The Balaban J connectivity index is 2.49. The van der Waals surface area contributed by atoms with Crippen LogP contribution in [-0.4, -0.2) is 13.4 Å². The predicted molar refractivity (Wildman–Crippen MR) is 75.9 cm³/mol. The van der Waals surface area contributed by atoms with Crippen LogP contribution in [0.25, 0.3) is 0 Å². The molecule has 1 aromatic heterocycles. The summed E-state index contributed by atoms with van der Waals surface area (Å²) in [7, 11) is -4.23. The molecule has 0 aliphatic rings. The van der Waals surface area contributed by atoms with Crippen LogP contribution in [0.15, 0.2) is 35.4 Å². The molecule has 3 N–H and O–H groups in total. The Morgan fingerprint density at radius 3 is 2.65 bits per heavy atom. The summed E-state index contributed by atoms with van der Waals surface area (Å²) in [4.78, 5) is 3.04. The Hall–Kier alpha value is -1.57. The fourth-order valence-corrected chi connectivity index (χ4v) is 3.15. The first-order valence-corrected chi connectivity index (χ1v) is 7.43. The zero-order chi connectivity index (χ0) is 14.9. The Bertz CT molecular complexity index is 768. The van der Waals surface area contributed by atoms with Crippen LogP contribution in [0.3, 0.4) is 0 Å². The van der Waals surface area contributed by atoms with Crippen LogP contribution in [0.1, 0.15) is 0 Å². The summed E-state index contributed by atoms with van der Waals surface area (Å²) in [5.41, 5.74) is 5.51. The molecule has 0 saturated carbocycles. The van der Waals surface area contributed by atoms with Crippen molar-refractivity contribution in [2.24, 2.45) is 0 Å². The second kappa shape index (κ2) is 5.43. The van der Waals surface area contributed by atoms with Gasteiger partial charge in [-0.1, -0.05) is 23.2 Å². The molecule has 106 valence electrons. The molecule has 9 heteroatoms. The van der Waals surface area contributed by atoms with Crippen molar-refractivity contribution in [2.45, 2.75) is 4.90 Å². The molecule has 1 aromatic carbocycles. The third-order valence-electron chi connectivity index (χ3n) is 2.31. The maximum absolute atomic E-state index is 13.8. The minimum absolute atomic E-state index is 0.0205. The normalized spacial score (nSPS) is 11.3. The molecular weight excluding hydrogens is 328 g/mol. The number of rotatable bonds is 3. The number of nitrogens with two attached hydrogens (primary N) is 1. The van der Waals surface area contributed by atoms with Crippen LogP contribution >= 0.6 is 23.2 Å². The number of sulfonamides is 1. The monoisotopic (exact) mass is 335 g/mol. The zero-order valence-corrected chi connectivity index (χ0v) is 12.1. The number of benzene rings is 1. The van der Waals surface area contributed by atoms with Crippen LogP contribution in [0.5, 0.6) is 0 Å². The summed E-state index contributed by atoms with van der Waals surface area (Å²) in [6.07, 6.45) is 1.39. The maximum atomic E-state index is 13.8. The average molecular weight is 336 g/mol. The molecule has 0 atom stereocenters. The summed E-state index contributed by atoms with van der Waals surface area (Å²) in [6.45, 7) is 0. The van der Waals surface area contributed by atoms with Gasteiger partial charge >= 0.3 is 0 Å². The largest absolute Gasteiger partial charge is 0.399 e. The van der Waals surface area contributed by atoms with E-state index in [9.17, 15) is 12.8 Å². The van der Waals surface area contributed by atoms with Gasteiger partial charge in [0.05, 0.1) is 10.7 Å². The van der Waals surface area contributed by atoms with Crippen LogP contribution in [0, 0.1) is 5.82 Å². The molecule has 0 fully saturated rings. The van der Waals surface area contributed by atoms with Gasteiger partial charge in [0.25, 0.3) is 10.0 Å². The van der Waals surface area contributed by atoms with E-state index >= 15 is 0 Å². The smallest absolute Gasteiger partial charge is 0.265 e. The molecule has 0 saturated heterocycles. The second-order valence-corrected chi connectivity index (χ2v) is 6.18. The summed E-state index contributed by atoms with van der Waals surface area (Å²) < 4.78 is 40.2. The van der Waals surface area contributed by atoms with E-state index in [-0.39, 0.29) is 21.6 Å². The number of halogens is 3. The summed E-state index contributed by atoms with van der Waals surface area (Å²) in [6, 6.07) is 4.95. The number of anilines is 2. The first-order chi connectivity index (χ1) is 9.31. The van der Waals surface area contributed by atoms with Crippen LogP contribution < -0.4 is 10.5 Å². The third kappa shape index (κ3) is 2.95. The Morgan fingerprint density at radius 2 is 2.00 bits per heavy atom. The molecule has 2 aromatic rings. The van der Waals surface area contributed by atoms with Crippen molar-refractivity contribution in [3.63, 3.8) is 0 Å². The number of pyridine rings is 1. The highest BCUT2D eigenvalue weighted by molar-refractivity contribution is 7.92. The fourth-order valence-electron chi connectivity index (χ4n) is 1.44. The number of nitrogens with zero attached hydrogens (tertiary/aromatic N) is 1. The third-order valence-corrected chi connectivity index (χ3v) is 4.25. The Labute approximate surface area is 124 Å². The number of hydrogen-bond donors (Lipinski definition) is 2. The SMILES string of the molecule is Nc1cc(Cl)c(F)c(S(=O)(=O)Nc2cccnc2Cl)c1. The minimum atomic E-state index is -4.23. The topological polar surface area (TPSA) is 85.1 Å². The predicted octanol–water partition coefficient (Wildman–Crippen LogP) is 2.91. The van der Waals surface area contributed by atoms with Crippen molar-refractivity contribution in [1.82, 2.24) is 4.98 Å². The lowest BCUT2D eigenvalue weighted by atomic mass is 10.3. The van der Waals surface area contributed by atoms with Crippen molar-refractivity contribution >= 4 is 44.6 Å². The molecule has 2 rings (SSSR count). The quantitative estimate of drug-likeness (QED) is 0.667. The molecule has 20 heavy (non-hydrogen) atoms. The highest BCUT2D eigenvalue weighted by Crippen LogP contribution is 2.28. The second-order valence-electron chi connectivity index (χ2n) is 3.76. The summed E-state index contributed by atoms with van der Waals surface area (Å²) >= 11 is 11.3. The van der Waals surface area contributed by atoms with Gasteiger partial charge in [-0.05, 0) is 24.3 Å². The molecule has 0 aliphatic heterocycles. The van der Waals surface area contributed by atoms with Crippen molar-refractivity contribution in [3.05, 3.63) is 46.5 Å². The van der Waals surface area contributed by atoms with Crippen molar-refractivity contribution in [2.75, 3.05) is 10.5 Å². The van der Waals surface area contributed by atoms with Gasteiger partial charge in [0.15, 0.2) is 11.0 Å². The molecule has 0 amide bonds. The van der Waals surface area contributed by atoms with Crippen molar-refractivity contribution in [3.8, 4) is 0 Å². The molecular formula is C11H8Cl2FN3O2S. The van der Waals surface area contributed by atoms with E-state index in [1.165, 1.54) is 18.3 Å². The number of nitrogen functional groups attached to an aromatic ring is 1. The van der Waals surface area contributed by atoms with Gasteiger partial charge in [0.1, 0.15) is 4.90 Å². The summed E-state index contributed by atoms with van der Waals surface area (Å²) in [5.74, 6) is -1.09. The van der Waals surface area contributed by atoms with Crippen LogP contribution in [0.4, 0.5) is 15.8 Å². The van der Waals surface area contributed by atoms with E-state index in [4.69, 9.17) is 28.9 Å². The van der Waals surface area contributed by atoms with Crippen molar-refractivity contribution in [1.29, 1.82) is 0 Å². The fraction of sp³-hybridized carbons (Fsp3) is 0. The van der Waals surface area contributed by atoms with E-state index in [2.05, 4.69) is 9.71 Å². The standard InChI is InChI=1S/C11H8Cl2FN3O2S/c12-7-4-6(15)5-9(10(7)14)20(18,19)17-8-2-1-3-16-11(8)13/h1-5,17H,15H2. The highest BCUT2D eigenvalue weighted by Gasteiger charge is 2.23. The first kappa shape index (κ1) is 14.8. The van der Waals surface area contributed by atoms with Gasteiger partial charge in [-0.2, -0.15) is 0 Å². The Morgan fingerprint density at radius 1 is 1.30 bits per heavy atom. The van der Waals surface area contributed by atoms with Crippen LogP contribution in [0.2, 0.25) is 10.2 Å². The lowest BCUT2D eigenvalue weighted by Gasteiger charge is -2.11. The van der Waals surface area contributed by atoms with Gasteiger partial charge in [0, 0.05) is 11.9 Å². The van der Waals surface area contributed by atoms with Crippen LogP contribution in [-0.2, 0) is 10.0 Å². The number of nitrogens with one attached hydrogen (secondary N) is 1. The molecule has 5 nitrogen and oxygen atoms in total. The molecule has 0 bridgehead atoms. The van der Waals surface area contributed by atoms with E-state index in [1.54, 1.807) is 0 Å². The number of hydrogen-bond acceptors (Lipinski definition) is 4. The van der Waals surface area contributed by atoms with Crippen molar-refractivity contribution < 1.29 is 12.8 Å². The molecule has 0 radical (unpaired) electrons. The van der Waals surface area contributed by atoms with E-state index < -0.39 is 20.7 Å². The van der Waals surface area contributed by atoms with Gasteiger partial charge in [-0.25, -0.2) is 17.8 Å². The highest BCUT2D eigenvalue weighted by atomic mass is 35.5. The van der Waals surface area contributed by atoms with E-state index in [1.807, 2.05) is 0 Å². The molecule has 0 aliphatic carbocycles. The summed E-state index contributed by atoms with van der Waals surface area (Å²) in [5, 5.41) is -0.450.